The average Bonchev–Trinajstić information content (AvgIpc) is 2.75. The summed E-state index contributed by atoms with van der Waals surface area (Å²) in [4.78, 5) is 0. The van der Waals surface area contributed by atoms with Gasteiger partial charge in [-0.05, 0) is 31.2 Å². The van der Waals surface area contributed by atoms with Gasteiger partial charge < -0.3 is 5.32 Å². The molecule has 0 saturated carbocycles. The maximum atomic E-state index is 14.0. The third kappa shape index (κ3) is 2.04. The van der Waals surface area contributed by atoms with E-state index in [9.17, 15) is 13.2 Å². The molecule has 88 valence electrons. The molecule has 1 aliphatic heterocycles. The highest BCUT2D eigenvalue weighted by atomic mass is 35.5. The first-order chi connectivity index (χ1) is 7.51. The molecule has 1 unspecified atom stereocenters. The van der Waals surface area contributed by atoms with Crippen LogP contribution in [0, 0.1) is 11.7 Å². The van der Waals surface area contributed by atoms with Gasteiger partial charge in [0.1, 0.15) is 5.82 Å². The fourth-order valence-corrected chi connectivity index (χ4v) is 2.11. The molecule has 1 heterocycles. The zero-order chi connectivity index (χ0) is 11.8. The normalized spacial score (nSPS) is 21.4. The van der Waals surface area contributed by atoms with E-state index < -0.39 is 23.2 Å². The average molecular weight is 250 g/mol. The molecule has 0 aliphatic carbocycles. The molecule has 1 fully saturated rings. The summed E-state index contributed by atoms with van der Waals surface area (Å²) in [6.45, 7) is 0.751. The highest BCUT2D eigenvalue weighted by Crippen LogP contribution is 2.40. The van der Waals surface area contributed by atoms with Crippen LogP contribution in [0.15, 0.2) is 18.2 Å². The first-order valence-corrected chi connectivity index (χ1v) is 5.43. The van der Waals surface area contributed by atoms with E-state index in [0.717, 1.165) is 12.1 Å². The van der Waals surface area contributed by atoms with Gasteiger partial charge in [0.15, 0.2) is 0 Å². The SMILES string of the molecule is Fc1ccc(Cl)cc1C(F)(F)C1CCNC1. The number of alkyl halides is 2. The quantitative estimate of drug-likeness (QED) is 0.849. The molecular weight excluding hydrogens is 239 g/mol. The molecule has 5 heteroatoms. The van der Waals surface area contributed by atoms with Crippen molar-refractivity contribution in [3.05, 3.63) is 34.6 Å². The summed E-state index contributed by atoms with van der Waals surface area (Å²) >= 11 is 5.61. The lowest BCUT2D eigenvalue weighted by atomic mass is 9.93. The standard InChI is InChI=1S/C11H11ClF3N/c12-8-1-2-10(13)9(5-8)11(14,15)7-3-4-16-6-7/h1-2,5,7,16H,3-4,6H2. The third-order valence-corrected chi connectivity index (χ3v) is 3.10. The van der Waals surface area contributed by atoms with Crippen LogP contribution >= 0.6 is 11.6 Å². The monoisotopic (exact) mass is 249 g/mol. The highest BCUT2D eigenvalue weighted by Gasteiger charge is 2.44. The predicted molar refractivity (Wildman–Crippen MR) is 56.3 cm³/mol. The zero-order valence-electron chi connectivity index (χ0n) is 8.44. The Hall–Kier alpha value is -0.740. The molecule has 1 aliphatic rings. The van der Waals surface area contributed by atoms with Crippen LogP contribution in [0.5, 0.6) is 0 Å². The van der Waals surface area contributed by atoms with E-state index in [1.807, 2.05) is 0 Å². The van der Waals surface area contributed by atoms with E-state index >= 15 is 0 Å². The lowest BCUT2D eigenvalue weighted by Gasteiger charge is -2.23. The van der Waals surface area contributed by atoms with Gasteiger partial charge in [-0.25, -0.2) is 13.2 Å². The molecule has 1 saturated heterocycles. The molecule has 0 aromatic heterocycles. The van der Waals surface area contributed by atoms with E-state index in [4.69, 9.17) is 11.6 Å². The van der Waals surface area contributed by atoms with Crippen LogP contribution in [0.2, 0.25) is 5.02 Å². The lowest BCUT2D eigenvalue weighted by molar-refractivity contribution is -0.0604. The van der Waals surface area contributed by atoms with Gasteiger partial charge in [-0.2, -0.15) is 0 Å². The topological polar surface area (TPSA) is 12.0 Å². The smallest absolute Gasteiger partial charge is 0.280 e. The van der Waals surface area contributed by atoms with Crippen molar-refractivity contribution in [3.63, 3.8) is 0 Å². The van der Waals surface area contributed by atoms with Crippen molar-refractivity contribution in [2.75, 3.05) is 13.1 Å². The number of halogens is 4. The summed E-state index contributed by atoms with van der Waals surface area (Å²) in [5.41, 5.74) is -0.603. The van der Waals surface area contributed by atoms with Crippen molar-refractivity contribution in [3.8, 4) is 0 Å². The largest absolute Gasteiger partial charge is 0.316 e. The maximum absolute atomic E-state index is 14.0. The molecule has 0 bridgehead atoms. The second-order valence-electron chi connectivity index (χ2n) is 3.94. The Morgan fingerprint density at radius 2 is 2.12 bits per heavy atom. The van der Waals surface area contributed by atoms with E-state index in [1.165, 1.54) is 6.07 Å². The van der Waals surface area contributed by atoms with E-state index in [0.29, 0.717) is 13.0 Å². The van der Waals surface area contributed by atoms with Gasteiger partial charge >= 0.3 is 0 Å². The highest BCUT2D eigenvalue weighted by molar-refractivity contribution is 6.30. The predicted octanol–water partition coefficient (Wildman–Crippen LogP) is 3.18. The van der Waals surface area contributed by atoms with Gasteiger partial charge in [-0.1, -0.05) is 11.6 Å². The summed E-state index contributed by atoms with van der Waals surface area (Å²) in [5.74, 6) is -4.93. The van der Waals surface area contributed by atoms with E-state index in [1.54, 1.807) is 0 Å². The Morgan fingerprint density at radius 3 is 2.75 bits per heavy atom. The van der Waals surface area contributed by atoms with Crippen LogP contribution in [-0.4, -0.2) is 13.1 Å². The minimum Gasteiger partial charge on any atom is -0.316 e. The van der Waals surface area contributed by atoms with Crippen molar-refractivity contribution < 1.29 is 13.2 Å². The van der Waals surface area contributed by atoms with E-state index in [-0.39, 0.29) is 11.6 Å². The van der Waals surface area contributed by atoms with Gasteiger partial charge in [0.2, 0.25) is 0 Å². The summed E-state index contributed by atoms with van der Waals surface area (Å²) in [7, 11) is 0. The van der Waals surface area contributed by atoms with E-state index in [2.05, 4.69) is 5.32 Å². The van der Waals surface area contributed by atoms with Crippen LogP contribution in [0.1, 0.15) is 12.0 Å². The lowest BCUT2D eigenvalue weighted by Crippen LogP contribution is -2.28. The minimum atomic E-state index is -3.17. The number of benzene rings is 1. The van der Waals surface area contributed by atoms with Gasteiger partial charge in [-0.3, -0.25) is 0 Å². The Balaban J connectivity index is 2.37. The van der Waals surface area contributed by atoms with Crippen molar-refractivity contribution in [2.24, 2.45) is 5.92 Å². The molecule has 1 aromatic carbocycles. The Kier molecular flexibility index (Phi) is 3.13. The molecule has 0 spiro atoms. The van der Waals surface area contributed by atoms with Crippen molar-refractivity contribution in [2.45, 2.75) is 12.3 Å². The van der Waals surface area contributed by atoms with Crippen molar-refractivity contribution in [1.82, 2.24) is 5.32 Å². The van der Waals surface area contributed by atoms with Crippen molar-refractivity contribution >= 4 is 11.6 Å². The maximum Gasteiger partial charge on any atom is 0.280 e. The summed E-state index contributed by atoms with van der Waals surface area (Å²) in [5, 5.41) is 2.97. The molecule has 1 N–H and O–H groups in total. The van der Waals surface area contributed by atoms with Crippen LogP contribution < -0.4 is 5.32 Å². The minimum absolute atomic E-state index is 0.127. The summed E-state index contributed by atoms with van der Waals surface area (Å²) in [6, 6.07) is 3.26. The fraction of sp³-hybridized carbons (Fsp3) is 0.455. The van der Waals surface area contributed by atoms with Gasteiger partial charge in [-0.15, -0.1) is 0 Å². The first kappa shape index (κ1) is 11.7. The number of rotatable bonds is 2. The summed E-state index contributed by atoms with van der Waals surface area (Å²) in [6.07, 6.45) is 0.346. The Labute approximate surface area is 96.6 Å². The van der Waals surface area contributed by atoms with Crippen LogP contribution in [0.4, 0.5) is 13.2 Å². The van der Waals surface area contributed by atoms with Gasteiger partial charge in [0.05, 0.1) is 5.56 Å². The fourth-order valence-electron chi connectivity index (χ4n) is 1.94. The first-order valence-electron chi connectivity index (χ1n) is 5.06. The number of nitrogens with one attached hydrogen (secondary N) is 1. The summed E-state index contributed by atoms with van der Waals surface area (Å²) < 4.78 is 41.3. The van der Waals surface area contributed by atoms with Crippen LogP contribution in [0.3, 0.4) is 0 Å². The second-order valence-corrected chi connectivity index (χ2v) is 4.37. The zero-order valence-corrected chi connectivity index (χ0v) is 9.20. The van der Waals surface area contributed by atoms with Crippen LogP contribution in [-0.2, 0) is 5.92 Å². The third-order valence-electron chi connectivity index (χ3n) is 2.86. The molecular formula is C11H11ClF3N. The molecule has 1 aromatic rings. The molecule has 2 rings (SSSR count). The molecule has 1 atom stereocenters. The van der Waals surface area contributed by atoms with Gasteiger partial charge in [0, 0.05) is 17.5 Å². The van der Waals surface area contributed by atoms with Crippen LogP contribution in [0.25, 0.3) is 0 Å². The van der Waals surface area contributed by atoms with Crippen molar-refractivity contribution in [1.29, 1.82) is 0 Å². The molecule has 16 heavy (non-hydrogen) atoms. The molecule has 0 amide bonds. The van der Waals surface area contributed by atoms with Gasteiger partial charge in [0.25, 0.3) is 5.92 Å². The Morgan fingerprint density at radius 1 is 1.38 bits per heavy atom. The molecule has 0 radical (unpaired) electrons. The molecule has 1 nitrogen and oxygen atoms in total. The number of hydrogen-bond acceptors (Lipinski definition) is 1. The number of hydrogen-bond donors (Lipinski definition) is 1. The second kappa shape index (κ2) is 4.26. The Bertz CT molecular complexity index is 389.